The van der Waals surface area contributed by atoms with Crippen LogP contribution in [0.4, 0.5) is 0 Å². The van der Waals surface area contributed by atoms with Crippen molar-refractivity contribution in [1.82, 2.24) is 5.32 Å². The Kier molecular flexibility index (Phi) is 7.60. The van der Waals surface area contributed by atoms with Crippen LogP contribution >= 0.6 is 0 Å². The number of benzene rings is 1. The van der Waals surface area contributed by atoms with Gasteiger partial charge in [-0.1, -0.05) is 30.3 Å². The molecular formula is C14H23NO3. The number of rotatable bonds is 9. The molecule has 3 N–H and O–H groups in total. The molecule has 4 nitrogen and oxygen atoms in total. The van der Waals surface area contributed by atoms with Gasteiger partial charge in [0, 0.05) is 6.54 Å². The summed E-state index contributed by atoms with van der Waals surface area (Å²) < 4.78 is 5.42. The van der Waals surface area contributed by atoms with E-state index in [0.29, 0.717) is 32.7 Å². The lowest BCUT2D eigenvalue weighted by Gasteiger charge is -2.13. The minimum absolute atomic E-state index is 0.302. The molecule has 0 aliphatic heterocycles. The SMILES string of the molecule is CC(O)CCNCC(O)COCc1ccccc1. The predicted octanol–water partition coefficient (Wildman–Crippen LogP) is 0.925. The first-order valence-electron chi connectivity index (χ1n) is 6.37. The number of aliphatic hydroxyl groups is 2. The van der Waals surface area contributed by atoms with Gasteiger partial charge in [-0.2, -0.15) is 0 Å². The first-order valence-corrected chi connectivity index (χ1v) is 6.37. The van der Waals surface area contributed by atoms with E-state index in [1.165, 1.54) is 0 Å². The smallest absolute Gasteiger partial charge is 0.0897 e. The molecule has 0 aromatic heterocycles. The van der Waals surface area contributed by atoms with Crippen LogP contribution < -0.4 is 5.32 Å². The Balaban J connectivity index is 2.01. The summed E-state index contributed by atoms with van der Waals surface area (Å²) in [7, 11) is 0. The van der Waals surface area contributed by atoms with Gasteiger partial charge >= 0.3 is 0 Å². The zero-order valence-corrected chi connectivity index (χ0v) is 10.9. The predicted molar refractivity (Wildman–Crippen MR) is 71.3 cm³/mol. The molecule has 0 radical (unpaired) electrons. The van der Waals surface area contributed by atoms with Gasteiger partial charge in [0.15, 0.2) is 0 Å². The maximum absolute atomic E-state index is 9.64. The lowest BCUT2D eigenvalue weighted by molar-refractivity contribution is 0.0285. The maximum atomic E-state index is 9.64. The Hall–Kier alpha value is -0.940. The highest BCUT2D eigenvalue weighted by Crippen LogP contribution is 2.00. The Morgan fingerprint density at radius 3 is 2.61 bits per heavy atom. The second-order valence-corrected chi connectivity index (χ2v) is 4.50. The molecule has 0 saturated heterocycles. The third-order valence-corrected chi connectivity index (χ3v) is 2.54. The number of nitrogens with one attached hydrogen (secondary N) is 1. The minimum atomic E-state index is -0.511. The Bertz CT molecular complexity index is 303. The number of hydrogen-bond donors (Lipinski definition) is 3. The summed E-state index contributed by atoms with van der Waals surface area (Å²) in [5.41, 5.74) is 1.10. The molecule has 0 amide bonds. The van der Waals surface area contributed by atoms with Gasteiger partial charge in [-0.05, 0) is 25.5 Å². The first kappa shape index (κ1) is 15.1. The van der Waals surface area contributed by atoms with Gasteiger partial charge in [0.05, 0.1) is 25.4 Å². The van der Waals surface area contributed by atoms with Crippen LogP contribution in [-0.2, 0) is 11.3 Å². The van der Waals surface area contributed by atoms with Crippen molar-refractivity contribution in [1.29, 1.82) is 0 Å². The molecule has 0 saturated carbocycles. The van der Waals surface area contributed by atoms with Crippen LogP contribution in [0, 0.1) is 0 Å². The lowest BCUT2D eigenvalue weighted by Crippen LogP contribution is -2.31. The fourth-order valence-corrected chi connectivity index (χ4v) is 1.53. The topological polar surface area (TPSA) is 61.7 Å². The molecule has 0 bridgehead atoms. The van der Waals surface area contributed by atoms with Crippen molar-refractivity contribution in [3.8, 4) is 0 Å². The van der Waals surface area contributed by atoms with Gasteiger partial charge in [0.25, 0.3) is 0 Å². The van der Waals surface area contributed by atoms with E-state index in [0.717, 1.165) is 5.56 Å². The maximum Gasteiger partial charge on any atom is 0.0897 e. The molecular weight excluding hydrogens is 230 g/mol. The van der Waals surface area contributed by atoms with Crippen LogP contribution in [-0.4, -0.2) is 42.1 Å². The highest BCUT2D eigenvalue weighted by molar-refractivity contribution is 5.13. The fraction of sp³-hybridized carbons (Fsp3) is 0.571. The zero-order chi connectivity index (χ0) is 13.2. The quantitative estimate of drug-likeness (QED) is 0.573. The van der Waals surface area contributed by atoms with Crippen molar-refractivity contribution in [3.05, 3.63) is 35.9 Å². The molecule has 2 unspecified atom stereocenters. The van der Waals surface area contributed by atoms with Crippen LogP contribution in [0.1, 0.15) is 18.9 Å². The molecule has 0 aliphatic rings. The van der Waals surface area contributed by atoms with Crippen LogP contribution in [0.25, 0.3) is 0 Å². The third-order valence-electron chi connectivity index (χ3n) is 2.54. The summed E-state index contributed by atoms with van der Waals surface area (Å²) >= 11 is 0. The molecule has 0 fully saturated rings. The van der Waals surface area contributed by atoms with Crippen LogP contribution in [0.15, 0.2) is 30.3 Å². The van der Waals surface area contributed by atoms with Crippen molar-refractivity contribution in [3.63, 3.8) is 0 Å². The van der Waals surface area contributed by atoms with E-state index in [4.69, 9.17) is 9.84 Å². The van der Waals surface area contributed by atoms with E-state index < -0.39 is 6.10 Å². The van der Waals surface area contributed by atoms with E-state index in [2.05, 4.69) is 5.32 Å². The zero-order valence-electron chi connectivity index (χ0n) is 10.9. The minimum Gasteiger partial charge on any atom is -0.393 e. The van der Waals surface area contributed by atoms with Crippen molar-refractivity contribution < 1.29 is 14.9 Å². The third kappa shape index (κ3) is 7.40. The lowest BCUT2D eigenvalue weighted by atomic mass is 10.2. The molecule has 2 atom stereocenters. The molecule has 1 rings (SSSR count). The Labute approximate surface area is 109 Å². The van der Waals surface area contributed by atoms with E-state index in [-0.39, 0.29) is 6.10 Å². The average molecular weight is 253 g/mol. The highest BCUT2D eigenvalue weighted by atomic mass is 16.5. The Morgan fingerprint density at radius 1 is 1.22 bits per heavy atom. The van der Waals surface area contributed by atoms with Gasteiger partial charge in [-0.25, -0.2) is 0 Å². The van der Waals surface area contributed by atoms with E-state index in [1.54, 1.807) is 6.92 Å². The molecule has 0 aliphatic carbocycles. The fourth-order valence-electron chi connectivity index (χ4n) is 1.53. The molecule has 1 aromatic rings. The highest BCUT2D eigenvalue weighted by Gasteiger charge is 2.04. The van der Waals surface area contributed by atoms with E-state index in [9.17, 15) is 5.11 Å². The van der Waals surface area contributed by atoms with Crippen LogP contribution in [0.3, 0.4) is 0 Å². The molecule has 0 heterocycles. The van der Waals surface area contributed by atoms with Crippen molar-refractivity contribution in [2.24, 2.45) is 0 Å². The Morgan fingerprint density at radius 2 is 1.94 bits per heavy atom. The summed E-state index contributed by atoms with van der Waals surface area (Å²) in [6.45, 7) is 3.78. The summed E-state index contributed by atoms with van der Waals surface area (Å²) in [6, 6.07) is 9.88. The van der Waals surface area contributed by atoms with Gasteiger partial charge in [0.2, 0.25) is 0 Å². The van der Waals surface area contributed by atoms with E-state index in [1.807, 2.05) is 30.3 Å². The molecule has 4 heteroatoms. The summed E-state index contributed by atoms with van der Waals surface area (Å²) in [4.78, 5) is 0. The van der Waals surface area contributed by atoms with Crippen molar-refractivity contribution >= 4 is 0 Å². The number of ether oxygens (including phenoxy) is 1. The monoisotopic (exact) mass is 253 g/mol. The normalized spacial score (nSPS) is 14.4. The van der Waals surface area contributed by atoms with E-state index >= 15 is 0 Å². The van der Waals surface area contributed by atoms with Crippen molar-refractivity contribution in [2.45, 2.75) is 32.2 Å². The standard InChI is InChI=1S/C14H23NO3/c1-12(16)7-8-15-9-14(17)11-18-10-13-5-3-2-4-6-13/h2-6,12,14-17H,7-11H2,1H3. The summed E-state index contributed by atoms with van der Waals surface area (Å²) in [5.74, 6) is 0. The molecule has 18 heavy (non-hydrogen) atoms. The number of hydrogen-bond acceptors (Lipinski definition) is 4. The summed E-state index contributed by atoms with van der Waals surface area (Å²) in [5, 5.41) is 21.8. The molecule has 1 aromatic carbocycles. The van der Waals surface area contributed by atoms with Crippen LogP contribution in [0.5, 0.6) is 0 Å². The van der Waals surface area contributed by atoms with Gasteiger partial charge in [-0.3, -0.25) is 0 Å². The second-order valence-electron chi connectivity index (χ2n) is 4.50. The van der Waals surface area contributed by atoms with Gasteiger partial charge in [0.1, 0.15) is 0 Å². The van der Waals surface area contributed by atoms with Gasteiger partial charge in [-0.15, -0.1) is 0 Å². The summed E-state index contributed by atoms with van der Waals surface area (Å²) in [6.07, 6.45) is -0.121. The van der Waals surface area contributed by atoms with Crippen molar-refractivity contribution in [2.75, 3.05) is 19.7 Å². The number of aliphatic hydroxyl groups excluding tert-OH is 2. The molecule has 0 spiro atoms. The van der Waals surface area contributed by atoms with Crippen LogP contribution in [0.2, 0.25) is 0 Å². The first-order chi connectivity index (χ1) is 8.68. The van der Waals surface area contributed by atoms with Gasteiger partial charge < -0.3 is 20.3 Å². The largest absolute Gasteiger partial charge is 0.393 e. The second kappa shape index (κ2) is 9.05. The average Bonchev–Trinajstić information content (AvgIpc) is 2.36. The molecule has 102 valence electrons.